The number of nitrogens with one attached hydrogen (secondary N) is 1. The maximum Gasteiger partial charge on any atom is 0.244 e. The highest BCUT2D eigenvalue weighted by molar-refractivity contribution is 9.10. The second kappa shape index (κ2) is 5.47. The molecule has 19 heavy (non-hydrogen) atoms. The number of carbonyl (C=O) groups is 1. The maximum atomic E-state index is 11.8. The van der Waals surface area contributed by atoms with Crippen LogP contribution in [0.25, 0.3) is 6.08 Å². The number of hydrogen-bond acceptors (Lipinski definition) is 2. The summed E-state index contributed by atoms with van der Waals surface area (Å²) in [5.74, 6) is -0.118. The molecule has 0 radical (unpaired) electrons. The van der Waals surface area contributed by atoms with Crippen molar-refractivity contribution in [2.75, 3.05) is 0 Å². The number of aliphatic hydroxyl groups is 1. The Bertz CT molecular complexity index is 493. The Morgan fingerprint density at radius 2 is 2.05 bits per heavy atom. The van der Waals surface area contributed by atoms with Crippen LogP contribution in [0.3, 0.4) is 0 Å². The highest BCUT2D eigenvalue weighted by atomic mass is 79.9. The number of benzene rings is 1. The average molecular weight is 324 g/mol. The van der Waals surface area contributed by atoms with Gasteiger partial charge in [0.15, 0.2) is 0 Å². The molecule has 1 aromatic rings. The molecule has 102 valence electrons. The van der Waals surface area contributed by atoms with Gasteiger partial charge in [-0.3, -0.25) is 4.79 Å². The van der Waals surface area contributed by atoms with E-state index < -0.39 is 0 Å². The normalized spacial score (nSPS) is 25.1. The standard InChI is InChI=1S/C15H18BrNO2/c1-15(2)12(9-13(15)18)17-14(19)8-5-10-3-6-11(16)7-4-10/h3-8,12-13,18H,9H2,1-2H3,(H,17,19)/b8-5+. The number of rotatable bonds is 3. The Hall–Kier alpha value is -1.13. The molecule has 2 unspecified atom stereocenters. The number of carbonyl (C=O) groups excluding carboxylic acids is 1. The Kier molecular flexibility index (Phi) is 4.11. The van der Waals surface area contributed by atoms with E-state index in [2.05, 4.69) is 21.2 Å². The van der Waals surface area contributed by atoms with Crippen LogP contribution in [0, 0.1) is 5.41 Å². The van der Waals surface area contributed by atoms with Gasteiger partial charge in [-0.15, -0.1) is 0 Å². The van der Waals surface area contributed by atoms with Crippen LogP contribution in [0.2, 0.25) is 0 Å². The van der Waals surface area contributed by atoms with Gasteiger partial charge in [0.2, 0.25) is 5.91 Å². The predicted octanol–water partition coefficient (Wildman–Crippen LogP) is 2.74. The van der Waals surface area contributed by atoms with Crippen molar-refractivity contribution in [3.05, 3.63) is 40.4 Å². The van der Waals surface area contributed by atoms with E-state index in [1.807, 2.05) is 38.1 Å². The molecule has 1 aliphatic rings. The van der Waals surface area contributed by atoms with E-state index in [9.17, 15) is 9.90 Å². The van der Waals surface area contributed by atoms with Crippen LogP contribution in [0.4, 0.5) is 0 Å². The van der Waals surface area contributed by atoms with Crippen LogP contribution >= 0.6 is 15.9 Å². The molecule has 0 bridgehead atoms. The second-order valence-electron chi connectivity index (χ2n) is 5.52. The predicted molar refractivity (Wildman–Crippen MR) is 79.5 cm³/mol. The van der Waals surface area contributed by atoms with Crippen LogP contribution in [-0.2, 0) is 4.79 Å². The van der Waals surface area contributed by atoms with Gasteiger partial charge in [0, 0.05) is 22.0 Å². The molecule has 1 amide bonds. The van der Waals surface area contributed by atoms with Gasteiger partial charge in [0.25, 0.3) is 0 Å². The summed E-state index contributed by atoms with van der Waals surface area (Å²) in [7, 11) is 0. The first kappa shape index (κ1) is 14.3. The third-order valence-electron chi connectivity index (χ3n) is 3.83. The van der Waals surface area contributed by atoms with Crippen LogP contribution in [0.15, 0.2) is 34.8 Å². The first-order valence-corrected chi connectivity index (χ1v) is 7.11. The zero-order chi connectivity index (χ0) is 14.0. The van der Waals surface area contributed by atoms with E-state index in [4.69, 9.17) is 0 Å². The van der Waals surface area contributed by atoms with Gasteiger partial charge in [-0.05, 0) is 30.2 Å². The van der Waals surface area contributed by atoms with Crippen LogP contribution < -0.4 is 5.32 Å². The zero-order valence-corrected chi connectivity index (χ0v) is 12.6. The lowest BCUT2D eigenvalue weighted by atomic mass is 9.64. The van der Waals surface area contributed by atoms with Crippen molar-refractivity contribution < 1.29 is 9.90 Å². The van der Waals surface area contributed by atoms with Gasteiger partial charge < -0.3 is 10.4 Å². The van der Waals surface area contributed by atoms with Crippen LogP contribution in [0.5, 0.6) is 0 Å². The van der Waals surface area contributed by atoms with Crippen molar-refractivity contribution in [2.24, 2.45) is 5.41 Å². The minimum absolute atomic E-state index is 0.0459. The fourth-order valence-electron chi connectivity index (χ4n) is 2.11. The SMILES string of the molecule is CC1(C)C(O)CC1NC(=O)/C=C/c1ccc(Br)cc1. The summed E-state index contributed by atoms with van der Waals surface area (Å²) in [5.41, 5.74) is 0.743. The summed E-state index contributed by atoms with van der Waals surface area (Å²) in [4.78, 5) is 11.8. The first-order chi connectivity index (χ1) is 8.89. The topological polar surface area (TPSA) is 49.3 Å². The van der Waals surface area contributed by atoms with Gasteiger partial charge in [-0.25, -0.2) is 0 Å². The summed E-state index contributed by atoms with van der Waals surface area (Å²) in [6.07, 6.45) is 3.62. The van der Waals surface area contributed by atoms with E-state index in [0.29, 0.717) is 6.42 Å². The number of halogens is 1. The largest absolute Gasteiger partial charge is 0.392 e. The van der Waals surface area contributed by atoms with Gasteiger partial charge >= 0.3 is 0 Å². The van der Waals surface area contributed by atoms with E-state index in [1.165, 1.54) is 6.08 Å². The molecule has 2 atom stereocenters. The van der Waals surface area contributed by atoms with Gasteiger partial charge in [0.05, 0.1) is 6.10 Å². The van der Waals surface area contributed by atoms with Crippen LogP contribution in [0.1, 0.15) is 25.8 Å². The Morgan fingerprint density at radius 3 is 2.58 bits per heavy atom. The second-order valence-corrected chi connectivity index (χ2v) is 6.43. The van der Waals surface area contributed by atoms with Crippen molar-refractivity contribution in [1.29, 1.82) is 0 Å². The summed E-state index contributed by atoms with van der Waals surface area (Å²) in [6, 6.07) is 7.78. The number of amides is 1. The quantitative estimate of drug-likeness (QED) is 0.840. The minimum Gasteiger partial charge on any atom is -0.392 e. The molecule has 0 heterocycles. The maximum absolute atomic E-state index is 11.8. The molecule has 0 saturated heterocycles. The highest BCUT2D eigenvalue weighted by Gasteiger charge is 2.47. The van der Waals surface area contributed by atoms with Crippen LogP contribution in [-0.4, -0.2) is 23.2 Å². The van der Waals surface area contributed by atoms with E-state index in [0.717, 1.165) is 10.0 Å². The zero-order valence-electron chi connectivity index (χ0n) is 11.1. The fraction of sp³-hybridized carbons (Fsp3) is 0.400. The smallest absolute Gasteiger partial charge is 0.244 e. The van der Waals surface area contributed by atoms with Crippen molar-refractivity contribution >= 4 is 27.9 Å². The summed E-state index contributed by atoms with van der Waals surface area (Å²) in [6.45, 7) is 3.93. The van der Waals surface area contributed by atoms with E-state index >= 15 is 0 Å². The molecule has 1 aromatic carbocycles. The average Bonchev–Trinajstić information content (AvgIpc) is 2.38. The number of aliphatic hydroxyl groups excluding tert-OH is 1. The summed E-state index contributed by atoms with van der Waals surface area (Å²) < 4.78 is 1.01. The third kappa shape index (κ3) is 3.25. The molecule has 0 aromatic heterocycles. The lowest BCUT2D eigenvalue weighted by Crippen LogP contribution is -2.60. The third-order valence-corrected chi connectivity index (χ3v) is 4.36. The van der Waals surface area contributed by atoms with Crippen molar-refractivity contribution in [2.45, 2.75) is 32.4 Å². The molecule has 1 fully saturated rings. The monoisotopic (exact) mass is 323 g/mol. The summed E-state index contributed by atoms with van der Waals surface area (Å²) >= 11 is 3.37. The van der Waals surface area contributed by atoms with E-state index in [1.54, 1.807) is 6.08 Å². The summed E-state index contributed by atoms with van der Waals surface area (Å²) in [5, 5.41) is 12.5. The molecular formula is C15H18BrNO2. The molecule has 2 N–H and O–H groups in total. The molecule has 0 aliphatic heterocycles. The van der Waals surface area contributed by atoms with Crippen molar-refractivity contribution in [3.63, 3.8) is 0 Å². The lowest BCUT2D eigenvalue weighted by Gasteiger charge is -2.49. The Labute approximate surface area is 121 Å². The Balaban J connectivity index is 1.90. The van der Waals surface area contributed by atoms with Crippen molar-refractivity contribution in [1.82, 2.24) is 5.32 Å². The molecule has 1 saturated carbocycles. The number of hydrogen-bond donors (Lipinski definition) is 2. The van der Waals surface area contributed by atoms with Gasteiger partial charge in [0.1, 0.15) is 0 Å². The molecule has 3 nitrogen and oxygen atoms in total. The molecule has 4 heteroatoms. The molecule has 2 rings (SSSR count). The van der Waals surface area contributed by atoms with E-state index in [-0.39, 0.29) is 23.5 Å². The fourth-order valence-corrected chi connectivity index (χ4v) is 2.38. The minimum atomic E-state index is -0.326. The van der Waals surface area contributed by atoms with Gasteiger partial charge in [-0.2, -0.15) is 0 Å². The molecule has 1 aliphatic carbocycles. The Morgan fingerprint density at radius 1 is 1.42 bits per heavy atom. The molecule has 0 spiro atoms. The van der Waals surface area contributed by atoms with Gasteiger partial charge in [-0.1, -0.05) is 41.9 Å². The first-order valence-electron chi connectivity index (χ1n) is 6.32. The lowest BCUT2D eigenvalue weighted by molar-refractivity contribution is -0.124. The highest BCUT2D eigenvalue weighted by Crippen LogP contribution is 2.40. The molecular weight excluding hydrogens is 306 g/mol. The van der Waals surface area contributed by atoms with Crippen molar-refractivity contribution in [3.8, 4) is 0 Å².